The molecule has 1 amide bonds. The van der Waals surface area contributed by atoms with Crippen LogP contribution in [0.4, 0.5) is 4.39 Å². The SMILES string of the molecule is O=C(N/N=C/c1cc(Br)ccc1O)c1cc(-c2ccc(F)cc2)n[nH]1. The first-order chi connectivity index (χ1) is 12.0. The van der Waals surface area contributed by atoms with E-state index in [1.165, 1.54) is 30.5 Å². The highest BCUT2D eigenvalue weighted by Crippen LogP contribution is 2.20. The molecule has 3 N–H and O–H groups in total. The van der Waals surface area contributed by atoms with E-state index in [0.29, 0.717) is 16.8 Å². The average molecular weight is 403 g/mol. The first-order valence-electron chi connectivity index (χ1n) is 7.16. The zero-order valence-electron chi connectivity index (χ0n) is 12.7. The van der Waals surface area contributed by atoms with Crippen LogP contribution in [0.2, 0.25) is 0 Å². The summed E-state index contributed by atoms with van der Waals surface area (Å²) in [6, 6.07) is 12.2. The first kappa shape index (κ1) is 16.8. The molecule has 0 radical (unpaired) electrons. The number of aromatic hydroxyl groups is 1. The normalized spacial score (nSPS) is 11.0. The predicted molar refractivity (Wildman–Crippen MR) is 94.8 cm³/mol. The van der Waals surface area contributed by atoms with E-state index >= 15 is 0 Å². The fourth-order valence-corrected chi connectivity index (χ4v) is 2.43. The van der Waals surface area contributed by atoms with Crippen molar-refractivity contribution < 1.29 is 14.3 Å². The summed E-state index contributed by atoms with van der Waals surface area (Å²) in [6.45, 7) is 0. The summed E-state index contributed by atoms with van der Waals surface area (Å²) in [7, 11) is 0. The van der Waals surface area contributed by atoms with Crippen molar-refractivity contribution in [1.82, 2.24) is 15.6 Å². The number of nitrogens with zero attached hydrogens (tertiary/aromatic N) is 2. The van der Waals surface area contributed by atoms with Crippen LogP contribution in [0, 0.1) is 5.82 Å². The third-order valence-corrected chi connectivity index (χ3v) is 3.82. The molecular weight excluding hydrogens is 391 g/mol. The van der Waals surface area contributed by atoms with Crippen LogP contribution in [0.3, 0.4) is 0 Å². The van der Waals surface area contributed by atoms with Crippen LogP contribution >= 0.6 is 15.9 Å². The Morgan fingerprint density at radius 1 is 1.24 bits per heavy atom. The maximum Gasteiger partial charge on any atom is 0.289 e. The van der Waals surface area contributed by atoms with Gasteiger partial charge in [-0.1, -0.05) is 15.9 Å². The number of carbonyl (C=O) groups excluding carboxylic acids is 1. The van der Waals surface area contributed by atoms with Crippen molar-refractivity contribution in [2.75, 3.05) is 0 Å². The van der Waals surface area contributed by atoms with Crippen molar-refractivity contribution in [3.63, 3.8) is 0 Å². The third kappa shape index (κ3) is 4.10. The number of carbonyl (C=O) groups is 1. The number of halogens is 2. The number of aromatic amines is 1. The minimum absolute atomic E-state index is 0.0429. The molecule has 8 heteroatoms. The third-order valence-electron chi connectivity index (χ3n) is 3.32. The molecule has 0 spiro atoms. The number of hydrogen-bond acceptors (Lipinski definition) is 4. The minimum atomic E-state index is -0.494. The van der Waals surface area contributed by atoms with Crippen LogP contribution in [0.25, 0.3) is 11.3 Å². The van der Waals surface area contributed by atoms with Crippen molar-refractivity contribution in [3.05, 3.63) is 70.1 Å². The standard InChI is InChI=1S/C17H12BrFN4O2/c18-12-3-6-16(24)11(7-12)9-20-23-17(25)15-8-14(21-22-15)10-1-4-13(19)5-2-10/h1-9,24H,(H,21,22)(H,23,25)/b20-9+. The van der Waals surface area contributed by atoms with Crippen molar-refractivity contribution in [1.29, 1.82) is 0 Å². The van der Waals surface area contributed by atoms with Gasteiger partial charge < -0.3 is 5.11 Å². The number of benzene rings is 2. The number of aromatic nitrogens is 2. The van der Waals surface area contributed by atoms with E-state index < -0.39 is 5.91 Å². The van der Waals surface area contributed by atoms with Crippen molar-refractivity contribution >= 4 is 28.1 Å². The highest BCUT2D eigenvalue weighted by molar-refractivity contribution is 9.10. The lowest BCUT2D eigenvalue weighted by molar-refractivity contribution is 0.0950. The predicted octanol–water partition coefficient (Wildman–Crippen LogP) is 3.45. The molecule has 0 saturated carbocycles. The second kappa shape index (κ2) is 7.27. The van der Waals surface area contributed by atoms with Gasteiger partial charge in [-0.3, -0.25) is 9.89 Å². The van der Waals surface area contributed by atoms with Gasteiger partial charge in [0.15, 0.2) is 0 Å². The summed E-state index contributed by atoms with van der Waals surface area (Å²) in [5.74, 6) is -0.796. The fraction of sp³-hybridized carbons (Fsp3) is 0. The molecule has 0 atom stereocenters. The van der Waals surface area contributed by atoms with E-state index in [4.69, 9.17) is 0 Å². The zero-order chi connectivity index (χ0) is 17.8. The van der Waals surface area contributed by atoms with E-state index in [1.54, 1.807) is 24.3 Å². The number of hydrazone groups is 1. The number of hydrogen-bond donors (Lipinski definition) is 3. The smallest absolute Gasteiger partial charge is 0.289 e. The van der Waals surface area contributed by atoms with Gasteiger partial charge in [-0.25, -0.2) is 9.82 Å². The number of H-pyrrole nitrogens is 1. The summed E-state index contributed by atoms with van der Waals surface area (Å²) in [5.41, 5.74) is 4.19. The summed E-state index contributed by atoms with van der Waals surface area (Å²) in [6.07, 6.45) is 1.33. The van der Waals surface area contributed by atoms with Crippen molar-refractivity contribution in [2.45, 2.75) is 0 Å². The monoisotopic (exact) mass is 402 g/mol. The molecule has 25 heavy (non-hydrogen) atoms. The molecule has 6 nitrogen and oxygen atoms in total. The quantitative estimate of drug-likeness (QED) is 0.461. The number of phenolic OH excluding ortho intramolecular Hbond substituents is 1. The summed E-state index contributed by atoms with van der Waals surface area (Å²) < 4.78 is 13.7. The Balaban J connectivity index is 1.69. The van der Waals surface area contributed by atoms with Gasteiger partial charge in [-0.15, -0.1) is 0 Å². The molecule has 3 rings (SSSR count). The molecule has 0 aliphatic carbocycles. The van der Waals surface area contributed by atoms with Crippen molar-refractivity contribution in [2.24, 2.45) is 5.10 Å². The van der Waals surface area contributed by atoms with Gasteiger partial charge in [-0.05, 0) is 48.5 Å². The van der Waals surface area contributed by atoms with Gasteiger partial charge in [0.25, 0.3) is 5.91 Å². The number of amides is 1. The number of phenols is 1. The molecule has 1 aromatic heterocycles. The Bertz CT molecular complexity index is 938. The highest BCUT2D eigenvalue weighted by atomic mass is 79.9. The Morgan fingerprint density at radius 2 is 2.00 bits per heavy atom. The molecule has 0 unspecified atom stereocenters. The van der Waals surface area contributed by atoms with E-state index in [-0.39, 0.29) is 17.3 Å². The zero-order valence-corrected chi connectivity index (χ0v) is 14.3. The highest BCUT2D eigenvalue weighted by Gasteiger charge is 2.10. The molecule has 0 aliphatic heterocycles. The molecule has 1 heterocycles. The Kier molecular flexibility index (Phi) is 4.90. The lowest BCUT2D eigenvalue weighted by Crippen LogP contribution is -2.18. The van der Waals surface area contributed by atoms with Gasteiger partial charge in [0, 0.05) is 15.6 Å². The molecular formula is C17H12BrFN4O2. The van der Waals surface area contributed by atoms with Gasteiger partial charge in [0.2, 0.25) is 0 Å². The van der Waals surface area contributed by atoms with Crippen LogP contribution in [0.1, 0.15) is 16.1 Å². The van der Waals surface area contributed by atoms with E-state index in [0.717, 1.165) is 4.47 Å². The van der Waals surface area contributed by atoms with Crippen LogP contribution in [-0.4, -0.2) is 27.4 Å². The second-order valence-electron chi connectivity index (χ2n) is 5.08. The minimum Gasteiger partial charge on any atom is -0.507 e. The molecule has 0 aliphatic rings. The van der Waals surface area contributed by atoms with Crippen LogP contribution < -0.4 is 5.43 Å². The molecule has 0 saturated heterocycles. The summed E-state index contributed by atoms with van der Waals surface area (Å²) in [4.78, 5) is 12.1. The van der Waals surface area contributed by atoms with Gasteiger partial charge in [-0.2, -0.15) is 10.2 Å². The maximum atomic E-state index is 12.9. The summed E-state index contributed by atoms with van der Waals surface area (Å²) in [5, 5.41) is 20.1. The van der Waals surface area contributed by atoms with E-state index in [9.17, 15) is 14.3 Å². The van der Waals surface area contributed by atoms with Crippen LogP contribution in [0.5, 0.6) is 5.75 Å². The average Bonchev–Trinajstić information content (AvgIpc) is 3.08. The van der Waals surface area contributed by atoms with Crippen LogP contribution in [-0.2, 0) is 0 Å². The molecule has 2 aromatic carbocycles. The number of rotatable bonds is 4. The van der Waals surface area contributed by atoms with Gasteiger partial charge >= 0.3 is 0 Å². The first-order valence-corrected chi connectivity index (χ1v) is 7.95. The lowest BCUT2D eigenvalue weighted by Gasteiger charge is -1.99. The fourth-order valence-electron chi connectivity index (χ4n) is 2.06. The Labute approximate surface area is 150 Å². The van der Waals surface area contributed by atoms with Gasteiger partial charge in [0.1, 0.15) is 17.3 Å². The molecule has 0 fully saturated rings. The molecule has 0 bridgehead atoms. The second-order valence-corrected chi connectivity index (χ2v) is 5.99. The van der Waals surface area contributed by atoms with E-state index in [2.05, 4.69) is 36.7 Å². The molecule has 126 valence electrons. The molecule has 3 aromatic rings. The lowest BCUT2D eigenvalue weighted by atomic mass is 10.1. The van der Waals surface area contributed by atoms with E-state index in [1.807, 2.05) is 0 Å². The Morgan fingerprint density at radius 3 is 2.76 bits per heavy atom. The topological polar surface area (TPSA) is 90.4 Å². The van der Waals surface area contributed by atoms with Crippen LogP contribution in [0.15, 0.2) is 58.1 Å². The largest absolute Gasteiger partial charge is 0.507 e. The Hall–Kier alpha value is -3.00. The van der Waals surface area contributed by atoms with Gasteiger partial charge in [0.05, 0.1) is 11.9 Å². The van der Waals surface area contributed by atoms with Crippen molar-refractivity contribution in [3.8, 4) is 17.0 Å². The maximum absolute atomic E-state index is 12.9. The summed E-state index contributed by atoms with van der Waals surface area (Å²) >= 11 is 3.29. The number of nitrogens with one attached hydrogen (secondary N) is 2.